The number of benzene rings is 1. The molecule has 1 aromatic heterocycles. The minimum Gasteiger partial charge on any atom is -0.332 e. The molecule has 1 amide bonds. The highest BCUT2D eigenvalue weighted by Crippen LogP contribution is 2.16. The highest BCUT2D eigenvalue weighted by Gasteiger charge is 2.17. The molecule has 0 bridgehead atoms. The zero-order valence-corrected chi connectivity index (χ0v) is 12.2. The van der Waals surface area contributed by atoms with E-state index >= 15 is 0 Å². The van der Waals surface area contributed by atoms with Gasteiger partial charge < -0.3 is 4.90 Å². The highest BCUT2D eigenvalue weighted by molar-refractivity contribution is 7.13. The van der Waals surface area contributed by atoms with E-state index in [-0.39, 0.29) is 5.91 Å². The summed E-state index contributed by atoms with van der Waals surface area (Å²) in [5.41, 5.74) is 1.10. The van der Waals surface area contributed by atoms with E-state index < -0.39 is 0 Å². The largest absolute Gasteiger partial charge is 0.332 e. The molecule has 0 fully saturated rings. The van der Waals surface area contributed by atoms with Crippen molar-refractivity contribution in [1.82, 2.24) is 9.88 Å². The molecule has 3 nitrogen and oxygen atoms in total. The van der Waals surface area contributed by atoms with E-state index in [2.05, 4.69) is 4.98 Å². The number of alkyl halides is 1. The summed E-state index contributed by atoms with van der Waals surface area (Å²) in [5.74, 6) is 0.422. The van der Waals surface area contributed by atoms with Crippen LogP contribution in [0.25, 0.3) is 0 Å². The van der Waals surface area contributed by atoms with Gasteiger partial charge in [-0.2, -0.15) is 0 Å². The van der Waals surface area contributed by atoms with E-state index in [1.165, 1.54) is 11.3 Å². The molecule has 0 aliphatic rings. The van der Waals surface area contributed by atoms with Gasteiger partial charge in [0.15, 0.2) is 0 Å². The van der Waals surface area contributed by atoms with Crippen molar-refractivity contribution < 1.29 is 4.79 Å². The number of amides is 1. The molecule has 19 heavy (non-hydrogen) atoms. The molecule has 2 aromatic rings. The summed E-state index contributed by atoms with van der Waals surface area (Å²) >= 11 is 7.21. The lowest BCUT2D eigenvalue weighted by Gasteiger charge is -2.20. The number of rotatable bonds is 5. The number of nitrogens with zero attached hydrogens (tertiary/aromatic N) is 2. The van der Waals surface area contributed by atoms with Crippen molar-refractivity contribution in [3.8, 4) is 0 Å². The number of carbonyl (C=O) groups is 1. The van der Waals surface area contributed by atoms with Crippen LogP contribution in [0.4, 0.5) is 0 Å². The maximum Gasteiger partial charge on any atom is 0.265 e. The van der Waals surface area contributed by atoms with Crippen molar-refractivity contribution in [2.45, 2.75) is 13.5 Å². The van der Waals surface area contributed by atoms with Gasteiger partial charge in [0.05, 0.1) is 11.2 Å². The summed E-state index contributed by atoms with van der Waals surface area (Å²) in [6, 6.07) is 9.91. The number of thiazole rings is 1. The fraction of sp³-hybridized carbons (Fsp3) is 0.286. The van der Waals surface area contributed by atoms with Crippen molar-refractivity contribution in [2.24, 2.45) is 0 Å². The first kappa shape index (κ1) is 14.0. The Hall–Kier alpha value is -1.39. The first-order valence-electron chi connectivity index (χ1n) is 6.02. The van der Waals surface area contributed by atoms with Crippen molar-refractivity contribution in [3.63, 3.8) is 0 Å². The van der Waals surface area contributed by atoms with E-state index in [0.717, 1.165) is 10.6 Å². The van der Waals surface area contributed by atoms with Gasteiger partial charge in [-0.3, -0.25) is 4.79 Å². The smallest absolute Gasteiger partial charge is 0.265 e. The topological polar surface area (TPSA) is 33.2 Å². The van der Waals surface area contributed by atoms with Gasteiger partial charge in [0.1, 0.15) is 4.88 Å². The van der Waals surface area contributed by atoms with E-state index in [9.17, 15) is 4.79 Å². The lowest BCUT2D eigenvalue weighted by Crippen LogP contribution is -2.31. The average molecular weight is 295 g/mol. The molecule has 0 atom stereocenters. The number of halogens is 1. The van der Waals surface area contributed by atoms with E-state index in [1.54, 1.807) is 11.1 Å². The van der Waals surface area contributed by atoms with Crippen LogP contribution in [-0.4, -0.2) is 28.2 Å². The quantitative estimate of drug-likeness (QED) is 0.793. The lowest BCUT2D eigenvalue weighted by molar-refractivity contribution is 0.0758. The van der Waals surface area contributed by atoms with Crippen molar-refractivity contribution in [2.75, 3.05) is 12.4 Å². The van der Waals surface area contributed by atoms with Gasteiger partial charge in [-0.05, 0) is 12.5 Å². The van der Waals surface area contributed by atoms with Crippen molar-refractivity contribution >= 4 is 28.8 Å². The van der Waals surface area contributed by atoms with Crippen LogP contribution in [-0.2, 0) is 6.54 Å². The molecule has 0 aliphatic heterocycles. The third-order valence-corrected chi connectivity index (χ3v) is 3.76. The van der Waals surface area contributed by atoms with Crippen LogP contribution in [0.5, 0.6) is 0 Å². The molecule has 0 radical (unpaired) electrons. The Morgan fingerprint density at radius 3 is 2.68 bits per heavy atom. The fourth-order valence-corrected chi connectivity index (χ4v) is 2.72. The first-order valence-corrected chi connectivity index (χ1v) is 7.37. The van der Waals surface area contributed by atoms with Crippen LogP contribution >= 0.6 is 22.9 Å². The van der Waals surface area contributed by atoms with Crippen LogP contribution in [0.2, 0.25) is 0 Å². The number of carbonyl (C=O) groups excluding carboxylic acids is 1. The molecular formula is C14H15ClN2OS. The Kier molecular flexibility index (Phi) is 4.93. The van der Waals surface area contributed by atoms with Gasteiger partial charge in [0.25, 0.3) is 5.91 Å². The van der Waals surface area contributed by atoms with Crippen LogP contribution < -0.4 is 0 Å². The minimum atomic E-state index is -0.00453. The predicted molar refractivity (Wildman–Crippen MR) is 78.8 cm³/mol. The average Bonchev–Trinajstić information content (AvgIpc) is 2.85. The molecule has 5 heteroatoms. The standard InChI is InChI=1S/C14H15ClN2OS/c1-11-16-9-13(19-11)14(18)17(8-7-15)10-12-5-3-2-4-6-12/h2-6,9H,7-8,10H2,1H3. The van der Waals surface area contributed by atoms with Gasteiger partial charge in [-0.1, -0.05) is 30.3 Å². The number of aromatic nitrogens is 1. The molecule has 0 unspecified atom stereocenters. The summed E-state index contributed by atoms with van der Waals surface area (Å²) in [6.45, 7) is 3.00. The van der Waals surface area contributed by atoms with Gasteiger partial charge in [0, 0.05) is 19.0 Å². The fourth-order valence-electron chi connectivity index (χ4n) is 1.77. The van der Waals surface area contributed by atoms with Crippen molar-refractivity contribution in [1.29, 1.82) is 0 Å². The second-order valence-electron chi connectivity index (χ2n) is 4.14. The molecule has 0 spiro atoms. The zero-order valence-electron chi connectivity index (χ0n) is 10.7. The number of aryl methyl sites for hydroxylation is 1. The highest BCUT2D eigenvalue weighted by atomic mass is 35.5. The first-order chi connectivity index (χ1) is 9.20. The van der Waals surface area contributed by atoms with Gasteiger partial charge in [-0.25, -0.2) is 4.98 Å². The number of hydrogen-bond donors (Lipinski definition) is 0. The van der Waals surface area contributed by atoms with Crippen LogP contribution in [0, 0.1) is 6.92 Å². The molecule has 100 valence electrons. The normalized spacial score (nSPS) is 10.4. The summed E-state index contributed by atoms with van der Waals surface area (Å²) in [7, 11) is 0. The maximum absolute atomic E-state index is 12.4. The van der Waals surface area contributed by atoms with Crippen LogP contribution in [0.3, 0.4) is 0 Å². The summed E-state index contributed by atoms with van der Waals surface area (Å²) in [5, 5.41) is 0.897. The molecule has 1 aromatic carbocycles. The van der Waals surface area contributed by atoms with E-state index in [4.69, 9.17) is 11.6 Å². The molecule has 0 N–H and O–H groups in total. The van der Waals surface area contributed by atoms with Gasteiger partial charge in [-0.15, -0.1) is 22.9 Å². The number of hydrogen-bond acceptors (Lipinski definition) is 3. The Morgan fingerprint density at radius 1 is 1.37 bits per heavy atom. The lowest BCUT2D eigenvalue weighted by atomic mass is 10.2. The van der Waals surface area contributed by atoms with E-state index in [1.807, 2.05) is 37.3 Å². The second-order valence-corrected chi connectivity index (χ2v) is 5.76. The Morgan fingerprint density at radius 2 is 2.11 bits per heavy atom. The van der Waals surface area contributed by atoms with Crippen LogP contribution in [0.15, 0.2) is 36.5 Å². The monoisotopic (exact) mass is 294 g/mol. The van der Waals surface area contributed by atoms with Crippen LogP contribution in [0.1, 0.15) is 20.2 Å². The van der Waals surface area contributed by atoms with Crippen molar-refractivity contribution in [3.05, 3.63) is 52.0 Å². The Labute approximate surface area is 121 Å². The predicted octanol–water partition coefficient (Wildman–Crippen LogP) is 3.33. The SMILES string of the molecule is Cc1ncc(C(=O)N(CCCl)Cc2ccccc2)s1. The molecule has 0 saturated heterocycles. The molecular weight excluding hydrogens is 280 g/mol. The molecule has 2 rings (SSSR count). The second kappa shape index (κ2) is 6.68. The third-order valence-electron chi connectivity index (χ3n) is 2.69. The van der Waals surface area contributed by atoms with Gasteiger partial charge in [0.2, 0.25) is 0 Å². The molecule has 0 saturated carbocycles. The Balaban J connectivity index is 2.13. The summed E-state index contributed by atoms with van der Waals surface area (Å²) in [6.07, 6.45) is 1.63. The molecule has 0 aliphatic carbocycles. The van der Waals surface area contributed by atoms with E-state index in [0.29, 0.717) is 23.8 Å². The maximum atomic E-state index is 12.4. The third kappa shape index (κ3) is 3.78. The Bertz CT molecular complexity index is 541. The van der Waals surface area contributed by atoms with Gasteiger partial charge >= 0.3 is 0 Å². The summed E-state index contributed by atoms with van der Waals surface area (Å²) in [4.78, 5) is 18.9. The summed E-state index contributed by atoms with van der Waals surface area (Å²) < 4.78 is 0. The zero-order chi connectivity index (χ0) is 13.7. The molecule has 1 heterocycles. The minimum absolute atomic E-state index is 0.00453.